The molecule has 0 radical (unpaired) electrons. The van der Waals surface area contributed by atoms with E-state index < -0.39 is 27.0 Å². The third kappa shape index (κ3) is 4.17. The number of rotatable bonds is 6. The Morgan fingerprint density at radius 3 is 2.50 bits per heavy atom. The van der Waals surface area contributed by atoms with E-state index in [1.54, 1.807) is 6.20 Å². The Balaban J connectivity index is 1.74. The van der Waals surface area contributed by atoms with E-state index in [4.69, 9.17) is 0 Å². The second-order valence-electron chi connectivity index (χ2n) is 5.50. The number of fused-ring (bicyclic) bond motifs is 1. The Bertz CT molecular complexity index is 1010. The molecule has 5 nitrogen and oxygen atoms in total. The lowest BCUT2D eigenvalue weighted by atomic mass is 10.1. The van der Waals surface area contributed by atoms with Crippen LogP contribution in [0.1, 0.15) is 5.56 Å². The molecule has 0 aliphatic rings. The Morgan fingerprint density at radius 1 is 1.04 bits per heavy atom. The van der Waals surface area contributed by atoms with Crippen LogP contribution in [0.4, 0.5) is 13.2 Å². The molecule has 1 aromatic heterocycles. The van der Waals surface area contributed by atoms with Crippen LogP contribution in [-0.2, 0) is 16.4 Å². The minimum Gasteiger partial charge on any atom is -0.404 e. The molecule has 3 aromatic rings. The third-order valence-corrected chi connectivity index (χ3v) is 5.23. The van der Waals surface area contributed by atoms with Gasteiger partial charge in [-0.1, -0.05) is 30.3 Å². The van der Waals surface area contributed by atoms with Crippen molar-refractivity contribution >= 4 is 20.9 Å². The summed E-state index contributed by atoms with van der Waals surface area (Å²) in [4.78, 5) is 2.52. The number of H-pyrrole nitrogens is 1. The van der Waals surface area contributed by atoms with Crippen LogP contribution in [0, 0.1) is 0 Å². The van der Waals surface area contributed by atoms with Gasteiger partial charge in [-0.15, -0.1) is 13.2 Å². The van der Waals surface area contributed by atoms with Crippen molar-refractivity contribution in [2.45, 2.75) is 17.7 Å². The number of aromatic amines is 1. The summed E-state index contributed by atoms with van der Waals surface area (Å²) in [6, 6.07) is 12.2. The van der Waals surface area contributed by atoms with E-state index in [9.17, 15) is 21.6 Å². The molecule has 2 aromatic carbocycles. The van der Waals surface area contributed by atoms with Gasteiger partial charge in [0, 0.05) is 23.6 Å². The highest BCUT2D eigenvalue weighted by atomic mass is 32.2. The van der Waals surface area contributed by atoms with Crippen LogP contribution >= 0.6 is 0 Å². The smallest absolute Gasteiger partial charge is 0.404 e. The molecule has 0 amide bonds. The standard InChI is InChI=1S/C17H15F3N2O3S/c18-17(19,20)25-15-7-3-4-8-16(15)26(23,24)22-10-9-12-11-21-14-6-2-1-5-13(12)14/h1-8,11,21-22H,9-10H2. The first-order valence-electron chi connectivity index (χ1n) is 7.66. The van der Waals surface area contributed by atoms with E-state index in [0.717, 1.165) is 28.6 Å². The molecule has 26 heavy (non-hydrogen) atoms. The molecule has 0 spiro atoms. The van der Waals surface area contributed by atoms with Crippen molar-refractivity contribution in [2.75, 3.05) is 6.54 Å². The van der Waals surface area contributed by atoms with Crippen molar-refractivity contribution in [1.29, 1.82) is 0 Å². The fraction of sp³-hybridized carbons (Fsp3) is 0.176. The zero-order chi connectivity index (χ0) is 18.8. The summed E-state index contributed by atoms with van der Waals surface area (Å²) in [7, 11) is -4.16. The van der Waals surface area contributed by atoms with Crippen LogP contribution < -0.4 is 9.46 Å². The van der Waals surface area contributed by atoms with Crippen LogP contribution in [0.5, 0.6) is 5.75 Å². The highest BCUT2D eigenvalue weighted by molar-refractivity contribution is 7.89. The molecule has 2 N–H and O–H groups in total. The number of para-hydroxylation sites is 2. The highest BCUT2D eigenvalue weighted by Gasteiger charge is 2.33. The lowest BCUT2D eigenvalue weighted by Gasteiger charge is -2.13. The number of benzene rings is 2. The third-order valence-electron chi connectivity index (χ3n) is 3.73. The maximum absolute atomic E-state index is 12.5. The maximum Gasteiger partial charge on any atom is 0.573 e. The first kappa shape index (κ1) is 18.3. The molecule has 0 unspecified atom stereocenters. The summed E-state index contributed by atoms with van der Waals surface area (Å²) >= 11 is 0. The van der Waals surface area contributed by atoms with Gasteiger partial charge < -0.3 is 9.72 Å². The van der Waals surface area contributed by atoms with Gasteiger partial charge in [0.05, 0.1) is 0 Å². The lowest BCUT2D eigenvalue weighted by molar-refractivity contribution is -0.275. The largest absolute Gasteiger partial charge is 0.573 e. The quantitative estimate of drug-likeness (QED) is 0.682. The summed E-state index contributed by atoms with van der Waals surface area (Å²) in [6.45, 7) is 0.0323. The maximum atomic E-state index is 12.5. The Labute approximate surface area is 147 Å². The van der Waals surface area contributed by atoms with Crippen molar-refractivity contribution in [3.63, 3.8) is 0 Å². The molecule has 0 bridgehead atoms. The van der Waals surface area contributed by atoms with Crippen molar-refractivity contribution < 1.29 is 26.3 Å². The number of halogens is 3. The molecule has 0 fully saturated rings. The number of hydrogen-bond donors (Lipinski definition) is 2. The lowest BCUT2D eigenvalue weighted by Crippen LogP contribution is -2.27. The molecular formula is C17H15F3N2O3S. The van der Waals surface area contributed by atoms with Crippen LogP contribution in [0.15, 0.2) is 59.6 Å². The molecule has 1 heterocycles. The first-order chi connectivity index (χ1) is 12.3. The summed E-state index contributed by atoms with van der Waals surface area (Å²) in [5.74, 6) is -0.764. The van der Waals surface area contributed by atoms with Gasteiger partial charge in [0.2, 0.25) is 10.0 Å². The SMILES string of the molecule is O=S(=O)(NCCc1c[nH]c2ccccc12)c1ccccc1OC(F)(F)F. The van der Waals surface area contributed by atoms with Crippen molar-refractivity contribution in [2.24, 2.45) is 0 Å². The molecule has 138 valence electrons. The monoisotopic (exact) mass is 384 g/mol. The van der Waals surface area contributed by atoms with Gasteiger partial charge in [-0.05, 0) is 30.2 Å². The van der Waals surface area contributed by atoms with Gasteiger partial charge in [0.1, 0.15) is 10.6 Å². The second-order valence-corrected chi connectivity index (χ2v) is 7.24. The van der Waals surface area contributed by atoms with Crippen LogP contribution in [0.2, 0.25) is 0 Å². The number of nitrogens with one attached hydrogen (secondary N) is 2. The van der Waals surface area contributed by atoms with Crippen LogP contribution in [0.3, 0.4) is 0 Å². The zero-order valence-corrected chi connectivity index (χ0v) is 14.2. The van der Waals surface area contributed by atoms with E-state index in [0.29, 0.717) is 6.42 Å². The van der Waals surface area contributed by atoms with Gasteiger partial charge in [0.25, 0.3) is 0 Å². The molecule has 0 atom stereocenters. The summed E-state index contributed by atoms with van der Waals surface area (Å²) in [6.07, 6.45) is -2.82. The van der Waals surface area contributed by atoms with Crippen LogP contribution in [0.25, 0.3) is 10.9 Å². The predicted octanol–water partition coefficient (Wildman–Crippen LogP) is 3.59. The van der Waals surface area contributed by atoms with Gasteiger partial charge in [-0.3, -0.25) is 0 Å². The van der Waals surface area contributed by atoms with Gasteiger partial charge in [0.15, 0.2) is 0 Å². The summed E-state index contributed by atoms with van der Waals surface area (Å²) in [5, 5.41) is 0.965. The van der Waals surface area contributed by atoms with Gasteiger partial charge in [-0.25, -0.2) is 13.1 Å². The molecule has 9 heteroatoms. The predicted molar refractivity (Wildman–Crippen MR) is 90.3 cm³/mol. The fourth-order valence-corrected chi connectivity index (χ4v) is 3.78. The van der Waals surface area contributed by atoms with Crippen molar-refractivity contribution in [3.05, 3.63) is 60.3 Å². The minimum absolute atomic E-state index is 0.0323. The van der Waals surface area contributed by atoms with Gasteiger partial charge >= 0.3 is 6.36 Å². The molecule has 3 rings (SSSR count). The van der Waals surface area contributed by atoms with Gasteiger partial charge in [-0.2, -0.15) is 0 Å². The molecule has 0 aliphatic carbocycles. The van der Waals surface area contributed by atoms with E-state index >= 15 is 0 Å². The number of alkyl halides is 3. The average molecular weight is 384 g/mol. The molecule has 0 saturated carbocycles. The summed E-state index contributed by atoms with van der Waals surface area (Å²) in [5.41, 5.74) is 1.83. The number of ether oxygens (including phenoxy) is 1. The van der Waals surface area contributed by atoms with Crippen LogP contribution in [-0.4, -0.2) is 26.3 Å². The number of sulfonamides is 1. The number of aromatic nitrogens is 1. The normalized spacial score (nSPS) is 12.4. The number of hydrogen-bond acceptors (Lipinski definition) is 3. The Kier molecular flexibility index (Phi) is 4.92. The average Bonchev–Trinajstić information content (AvgIpc) is 2.97. The van der Waals surface area contributed by atoms with E-state index in [1.807, 2.05) is 24.3 Å². The molecule has 0 saturated heterocycles. The topological polar surface area (TPSA) is 71.2 Å². The zero-order valence-electron chi connectivity index (χ0n) is 13.4. The molecule has 0 aliphatic heterocycles. The highest BCUT2D eigenvalue weighted by Crippen LogP contribution is 2.29. The van der Waals surface area contributed by atoms with Crippen molar-refractivity contribution in [1.82, 2.24) is 9.71 Å². The Hall–Kier alpha value is -2.52. The van der Waals surface area contributed by atoms with E-state index in [1.165, 1.54) is 12.1 Å². The Morgan fingerprint density at radius 2 is 1.73 bits per heavy atom. The first-order valence-corrected chi connectivity index (χ1v) is 9.14. The van der Waals surface area contributed by atoms with E-state index in [2.05, 4.69) is 14.4 Å². The minimum atomic E-state index is -4.98. The fourth-order valence-electron chi connectivity index (χ4n) is 2.62. The summed E-state index contributed by atoms with van der Waals surface area (Å²) < 4.78 is 68.2. The van der Waals surface area contributed by atoms with Crippen molar-refractivity contribution in [3.8, 4) is 5.75 Å². The molecular weight excluding hydrogens is 369 g/mol. The second kappa shape index (κ2) is 7.00. The van der Waals surface area contributed by atoms with E-state index in [-0.39, 0.29) is 6.54 Å².